The minimum atomic E-state index is -0.292. The number of benzene rings is 1. The molecule has 1 atom stereocenters. The van der Waals surface area contributed by atoms with E-state index in [1.165, 1.54) is 30.4 Å². The number of hydrogen-bond donors (Lipinski definition) is 1. The molecule has 2 amide bonds. The van der Waals surface area contributed by atoms with Crippen LogP contribution in [0, 0.1) is 11.7 Å². The molecular weight excluding hydrogens is 379 g/mol. The number of imidazole rings is 1. The zero-order valence-corrected chi connectivity index (χ0v) is 16.3. The van der Waals surface area contributed by atoms with Crippen LogP contribution < -0.4 is 5.32 Å². The Hall–Kier alpha value is -2.74. The molecule has 2 aromatic heterocycles. The van der Waals surface area contributed by atoms with Gasteiger partial charge in [0, 0.05) is 43.7 Å². The van der Waals surface area contributed by atoms with Crippen molar-refractivity contribution in [2.24, 2.45) is 5.92 Å². The third-order valence-corrected chi connectivity index (χ3v) is 5.85. The van der Waals surface area contributed by atoms with E-state index in [4.69, 9.17) is 0 Å². The molecule has 0 unspecified atom stereocenters. The molecule has 3 heterocycles. The molecule has 0 saturated carbocycles. The Balaban J connectivity index is 1.54. The molecule has 1 fully saturated rings. The molecule has 4 rings (SSSR count). The number of carbonyl (C=O) groups excluding carboxylic acids is 2. The van der Waals surface area contributed by atoms with E-state index in [0.29, 0.717) is 31.0 Å². The highest BCUT2D eigenvalue weighted by atomic mass is 32.1. The Bertz CT molecular complexity index is 1010. The number of piperidine rings is 1. The maximum atomic E-state index is 13.2. The van der Waals surface area contributed by atoms with Crippen LogP contribution in [-0.2, 0) is 4.79 Å². The Morgan fingerprint density at radius 3 is 2.86 bits per heavy atom. The molecule has 146 valence electrons. The van der Waals surface area contributed by atoms with Gasteiger partial charge >= 0.3 is 0 Å². The Morgan fingerprint density at radius 1 is 1.32 bits per heavy atom. The summed E-state index contributed by atoms with van der Waals surface area (Å²) in [7, 11) is 0. The first-order valence-electron chi connectivity index (χ1n) is 9.27. The molecule has 6 nitrogen and oxygen atoms in total. The maximum Gasteiger partial charge on any atom is 0.271 e. The fraction of sp³-hybridized carbons (Fsp3) is 0.350. The average Bonchev–Trinajstić information content (AvgIpc) is 3.27. The summed E-state index contributed by atoms with van der Waals surface area (Å²) in [5.41, 5.74) is 2.10. The van der Waals surface area contributed by atoms with Crippen LogP contribution in [0.4, 0.5) is 4.39 Å². The van der Waals surface area contributed by atoms with Crippen LogP contribution in [0.5, 0.6) is 0 Å². The Morgan fingerprint density at radius 2 is 2.11 bits per heavy atom. The van der Waals surface area contributed by atoms with Crippen LogP contribution in [0.3, 0.4) is 0 Å². The second-order valence-electron chi connectivity index (χ2n) is 7.10. The van der Waals surface area contributed by atoms with Gasteiger partial charge in [-0.05, 0) is 43.0 Å². The Labute approximate surface area is 166 Å². The average molecular weight is 400 g/mol. The van der Waals surface area contributed by atoms with Gasteiger partial charge in [0.2, 0.25) is 5.91 Å². The van der Waals surface area contributed by atoms with Crippen molar-refractivity contribution in [2.75, 3.05) is 19.6 Å². The topological polar surface area (TPSA) is 66.7 Å². The summed E-state index contributed by atoms with van der Waals surface area (Å²) >= 11 is 1.41. The first-order chi connectivity index (χ1) is 13.5. The lowest BCUT2D eigenvalue weighted by Crippen LogP contribution is -2.43. The highest BCUT2D eigenvalue weighted by Gasteiger charge is 2.26. The summed E-state index contributed by atoms with van der Waals surface area (Å²) in [6.45, 7) is 3.45. The van der Waals surface area contributed by atoms with Crippen LogP contribution >= 0.6 is 11.3 Å². The van der Waals surface area contributed by atoms with E-state index in [-0.39, 0.29) is 23.5 Å². The normalized spacial score (nSPS) is 17.1. The lowest BCUT2D eigenvalue weighted by Gasteiger charge is -2.32. The minimum Gasteiger partial charge on any atom is -0.356 e. The number of likely N-dealkylation sites (tertiary alicyclic amines) is 1. The summed E-state index contributed by atoms with van der Waals surface area (Å²) in [6, 6.07) is 6.16. The van der Waals surface area contributed by atoms with Crippen LogP contribution in [0.1, 0.15) is 30.3 Å². The summed E-state index contributed by atoms with van der Waals surface area (Å²) in [4.78, 5) is 31.4. The zero-order valence-electron chi connectivity index (χ0n) is 15.5. The van der Waals surface area contributed by atoms with E-state index in [2.05, 4.69) is 10.3 Å². The van der Waals surface area contributed by atoms with Crippen LogP contribution in [0.25, 0.3) is 16.2 Å². The second-order valence-corrected chi connectivity index (χ2v) is 7.94. The van der Waals surface area contributed by atoms with Crippen molar-refractivity contribution in [1.82, 2.24) is 19.6 Å². The van der Waals surface area contributed by atoms with Crippen molar-refractivity contribution in [3.8, 4) is 11.3 Å². The van der Waals surface area contributed by atoms with Gasteiger partial charge in [0.15, 0.2) is 4.96 Å². The van der Waals surface area contributed by atoms with Crippen LogP contribution in [-0.4, -0.2) is 45.7 Å². The van der Waals surface area contributed by atoms with E-state index < -0.39 is 0 Å². The molecule has 0 bridgehead atoms. The predicted octanol–water partition coefficient (Wildman–Crippen LogP) is 3.19. The van der Waals surface area contributed by atoms with E-state index in [0.717, 1.165) is 23.4 Å². The first-order valence-corrected chi connectivity index (χ1v) is 10.2. The number of carbonyl (C=O) groups is 2. The monoisotopic (exact) mass is 400 g/mol. The number of thiazole rings is 1. The summed E-state index contributed by atoms with van der Waals surface area (Å²) < 4.78 is 15.0. The van der Waals surface area contributed by atoms with E-state index in [1.807, 2.05) is 20.9 Å². The van der Waals surface area contributed by atoms with Gasteiger partial charge in [-0.1, -0.05) is 0 Å². The SMILES string of the molecule is CC(=O)NC[C@@H]1CCCN(C(=O)c2csc3nc(-c4ccc(F)cc4)cn23)C1. The van der Waals surface area contributed by atoms with Gasteiger partial charge in [-0.25, -0.2) is 9.37 Å². The highest BCUT2D eigenvalue weighted by Crippen LogP contribution is 2.26. The van der Waals surface area contributed by atoms with Gasteiger partial charge in [0.25, 0.3) is 5.91 Å². The fourth-order valence-electron chi connectivity index (χ4n) is 3.56. The zero-order chi connectivity index (χ0) is 19.7. The number of halogens is 1. The van der Waals surface area contributed by atoms with Crippen molar-refractivity contribution in [2.45, 2.75) is 19.8 Å². The van der Waals surface area contributed by atoms with Gasteiger partial charge < -0.3 is 10.2 Å². The van der Waals surface area contributed by atoms with Gasteiger partial charge in [-0.15, -0.1) is 11.3 Å². The highest BCUT2D eigenvalue weighted by molar-refractivity contribution is 7.15. The van der Waals surface area contributed by atoms with Gasteiger partial charge in [0.1, 0.15) is 11.5 Å². The summed E-state index contributed by atoms with van der Waals surface area (Å²) in [6.07, 6.45) is 3.75. The van der Waals surface area contributed by atoms with Gasteiger partial charge in [0.05, 0.1) is 5.69 Å². The van der Waals surface area contributed by atoms with Gasteiger partial charge in [-0.2, -0.15) is 0 Å². The number of nitrogens with one attached hydrogen (secondary N) is 1. The lowest BCUT2D eigenvalue weighted by atomic mass is 9.97. The van der Waals surface area contributed by atoms with Crippen molar-refractivity contribution < 1.29 is 14.0 Å². The molecule has 28 heavy (non-hydrogen) atoms. The molecule has 1 aliphatic heterocycles. The van der Waals surface area contributed by atoms with E-state index in [1.54, 1.807) is 12.1 Å². The summed E-state index contributed by atoms with van der Waals surface area (Å²) in [5, 5.41) is 4.68. The molecule has 1 N–H and O–H groups in total. The number of nitrogens with zero attached hydrogens (tertiary/aromatic N) is 3. The molecule has 0 spiro atoms. The lowest BCUT2D eigenvalue weighted by molar-refractivity contribution is -0.119. The predicted molar refractivity (Wildman–Crippen MR) is 106 cm³/mol. The first kappa shape index (κ1) is 18.6. The van der Waals surface area contributed by atoms with Crippen molar-refractivity contribution in [3.05, 3.63) is 47.4 Å². The number of fused-ring (bicyclic) bond motifs is 1. The molecule has 1 aromatic carbocycles. The fourth-order valence-corrected chi connectivity index (χ4v) is 4.41. The van der Waals surface area contributed by atoms with Crippen LogP contribution in [0.2, 0.25) is 0 Å². The smallest absolute Gasteiger partial charge is 0.271 e. The number of hydrogen-bond acceptors (Lipinski definition) is 4. The minimum absolute atomic E-state index is 0.0261. The Kier molecular flexibility index (Phi) is 5.13. The van der Waals surface area contributed by atoms with Crippen molar-refractivity contribution in [1.29, 1.82) is 0 Å². The molecule has 1 saturated heterocycles. The number of amides is 2. The molecule has 8 heteroatoms. The van der Waals surface area contributed by atoms with Crippen molar-refractivity contribution >= 4 is 28.1 Å². The van der Waals surface area contributed by atoms with E-state index in [9.17, 15) is 14.0 Å². The molecule has 0 radical (unpaired) electrons. The maximum absolute atomic E-state index is 13.2. The number of rotatable bonds is 4. The van der Waals surface area contributed by atoms with Crippen LogP contribution in [0.15, 0.2) is 35.8 Å². The quantitative estimate of drug-likeness (QED) is 0.731. The van der Waals surface area contributed by atoms with Crippen molar-refractivity contribution in [3.63, 3.8) is 0 Å². The third kappa shape index (κ3) is 3.77. The molecular formula is C20H21FN4O2S. The largest absolute Gasteiger partial charge is 0.356 e. The standard InChI is InChI=1S/C20H21FN4O2S/c1-13(26)22-9-14-3-2-8-24(10-14)19(27)18-12-28-20-23-17(11-25(18)20)15-4-6-16(21)7-5-15/h4-7,11-12,14H,2-3,8-10H2,1H3,(H,22,26)/t14-/m0/s1. The molecule has 0 aliphatic carbocycles. The molecule has 3 aromatic rings. The van der Waals surface area contributed by atoms with E-state index >= 15 is 0 Å². The van der Waals surface area contributed by atoms with Gasteiger partial charge in [-0.3, -0.25) is 14.0 Å². The second kappa shape index (κ2) is 7.71. The summed E-state index contributed by atoms with van der Waals surface area (Å²) in [5.74, 6) is -0.0931. The third-order valence-electron chi connectivity index (χ3n) is 5.01. The number of aromatic nitrogens is 2. The molecule has 1 aliphatic rings.